The Bertz CT molecular complexity index is 501. The van der Waals surface area contributed by atoms with Crippen LogP contribution in [-0.2, 0) is 14.0 Å². The number of ether oxygens (including phenoxy) is 1. The van der Waals surface area contributed by atoms with Gasteiger partial charge in [0.25, 0.3) is 0 Å². The molecule has 0 radical (unpaired) electrons. The smallest absolute Gasteiger partial charge is 0.330 e. The molecule has 3 nitrogen and oxygen atoms in total. The third kappa shape index (κ3) is 5.43. The van der Waals surface area contributed by atoms with Crippen LogP contribution in [-0.4, -0.2) is 20.9 Å². The third-order valence-electron chi connectivity index (χ3n) is 4.05. The number of carbonyl (C=O) groups is 1. The highest BCUT2D eigenvalue weighted by Gasteiger charge is 2.39. The van der Waals surface area contributed by atoms with Gasteiger partial charge in [-0.3, -0.25) is 0 Å². The van der Waals surface area contributed by atoms with E-state index in [2.05, 4.69) is 33.9 Å². The van der Waals surface area contributed by atoms with Crippen molar-refractivity contribution >= 4 is 14.3 Å². The van der Waals surface area contributed by atoms with E-state index in [0.29, 0.717) is 6.61 Å². The van der Waals surface area contributed by atoms with Crippen LogP contribution >= 0.6 is 0 Å². The summed E-state index contributed by atoms with van der Waals surface area (Å²) >= 11 is 0. The summed E-state index contributed by atoms with van der Waals surface area (Å²) in [5.41, 5.74) is 1.05. The standard InChI is InChI=1S/C18H28O3Si/c1-7-20-17(19)14-13-16(15-11-9-8-10-12-15)21-22(5,6)18(2,3)4/h8-14,16H,7H2,1-6H3/b14-13-/t16-/m0/s1. The van der Waals surface area contributed by atoms with Crippen molar-refractivity contribution in [3.8, 4) is 0 Å². The second-order valence-corrected chi connectivity index (χ2v) is 11.6. The van der Waals surface area contributed by atoms with Gasteiger partial charge in [-0.1, -0.05) is 51.1 Å². The molecule has 0 saturated carbocycles. The highest BCUT2D eigenvalue weighted by Crippen LogP contribution is 2.40. The molecule has 1 rings (SSSR count). The Labute approximate surface area is 135 Å². The lowest BCUT2D eigenvalue weighted by molar-refractivity contribution is -0.137. The summed E-state index contributed by atoms with van der Waals surface area (Å²) in [6, 6.07) is 9.98. The third-order valence-corrected chi connectivity index (χ3v) is 8.51. The molecule has 0 N–H and O–H groups in total. The first-order chi connectivity index (χ1) is 10.2. The van der Waals surface area contributed by atoms with Gasteiger partial charge in [-0.05, 0) is 36.7 Å². The topological polar surface area (TPSA) is 35.5 Å². The van der Waals surface area contributed by atoms with E-state index in [1.54, 1.807) is 13.0 Å². The zero-order chi connectivity index (χ0) is 16.8. The van der Waals surface area contributed by atoms with Crippen LogP contribution in [0.3, 0.4) is 0 Å². The number of carbonyl (C=O) groups excluding carboxylic acids is 1. The zero-order valence-corrected chi connectivity index (χ0v) is 15.6. The van der Waals surface area contributed by atoms with Crippen LogP contribution in [0.2, 0.25) is 18.1 Å². The molecule has 1 aromatic carbocycles. The van der Waals surface area contributed by atoms with Crippen LogP contribution in [0.5, 0.6) is 0 Å². The van der Waals surface area contributed by atoms with Gasteiger partial charge in [-0.15, -0.1) is 0 Å². The van der Waals surface area contributed by atoms with Crippen molar-refractivity contribution in [2.75, 3.05) is 6.61 Å². The average Bonchev–Trinajstić information content (AvgIpc) is 2.43. The highest BCUT2D eigenvalue weighted by atomic mass is 28.4. The lowest BCUT2D eigenvalue weighted by Gasteiger charge is -2.38. The van der Waals surface area contributed by atoms with Gasteiger partial charge in [0.2, 0.25) is 0 Å². The number of benzene rings is 1. The molecule has 1 aromatic rings. The molecule has 0 heterocycles. The summed E-state index contributed by atoms with van der Waals surface area (Å²) in [5.74, 6) is -0.331. The van der Waals surface area contributed by atoms with Gasteiger partial charge >= 0.3 is 5.97 Å². The number of hydrogen-bond acceptors (Lipinski definition) is 3. The SMILES string of the molecule is CCOC(=O)/C=C\[C@H](O[Si](C)(C)C(C)(C)C)c1ccccc1. The lowest BCUT2D eigenvalue weighted by atomic mass is 10.1. The van der Waals surface area contributed by atoms with E-state index in [-0.39, 0.29) is 17.1 Å². The monoisotopic (exact) mass is 320 g/mol. The van der Waals surface area contributed by atoms with Gasteiger partial charge in [-0.2, -0.15) is 0 Å². The van der Waals surface area contributed by atoms with Crippen LogP contribution in [0.4, 0.5) is 0 Å². The van der Waals surface area contributed by atoms with Crippen molar-refractivity contribution in [1.29, 1.82) is 0 Å². The predicted molar refractivity (Wildman–Crippen MR) is 93.2 cm³/mol. The van der Waals surface area contributed by atoms with Gasteiger partial charge < -0.3 is 9.16 Å². The molecule has 0 aliphatic carbocycles. The van der Waals surface area contributed by atoms with Crippen LogP contribution in [0.15, 0.2) is 42.5 Å². The fourth-order valence-electron chi connectivity index (χ4n) is 1.71. The summed E-state index contributed by atoms with van der Waals surface area (Å²) in [4.78, 5) is 11.6. The molecule has 0 unspecified atom stereocenters. The molecule has 1 atom stereocenters. The van der Waals surface area contributed by atoms with E-state index in [1.165, 1.54) is 6.08 Å². The Morgan fingerprint density at radius 2 is 1.82 bits per heavy atom. The Hall–Kier alpha value is -1.39. The molecule has 0 fully saturated rings. The minimum Gasteiger partial charge on any atom is -0.463 e. The Kier molecular flexibility index (Phi) is 6.57. The van der Waals surface area contributed by atoms with Crippen LogP contribution < -0.4 is 0 Å². The van der Waals surface area contributed by atoms with Gasteiger partial charge in [-0.25, -0.2) is 4.79 Å². The molecule has 0 aliphatic heterocycles. The predicted octanol–water partition coefficient (Wildman–Crippen LogP) is 4.87. The van der Waals surface area contributed by atoms with Crippen LogP contribution in [0.1, 0.15) is 39.4 Å². The molecule has 0 amide bonds. The second-order valence-electron chi connectivity index (χ2n) is 6.82. The molecule has 0 bridgehead atoms. The van der Waals surface area contributed by atoms with E-state index in [4.69, 9.17) is 9.16 Å². The fourth-order valence-corrected chi connectivity index (χ4v) is 2.91. The Morgan fingerprint density at radius 3 is 2.32 bits per heavy atom. The minimum atomic E-state index is -1.94. The molecule has 4 heteroatoms. The number of esters is 1. The van der Waals surface area contributed by atoms with Crippen molar-refractivity contribution in [3.05, 3.63) is 48.0 Å². The van der Waals surface area contributed by atoms with Crippen molar-refractivity contribution < 1.29 is 14.0 Å². The summed E-state index contributed by atoms with van der Waals surface area (Å²) in [5, 5.41) is 0.109. The largest absolute Gasteiger partial charge is 0.463 e. The van der Waals surface area contributed by atoms with E-state index < -0.39 is 8.32 Å². The minimum absolute atomic E-state index is 0.109. The van der Waals surface area contributed by atoms with Crippen LogP contribution in [0.25, 0.3) is 0 Å². The Balaban J connectivity index is 3.01. The first-order valence-corrected chi connectivity index (χ1v) is 10.7. The highest BCUT2D eigenvalue weighted by molar-refractivity contribution is 6.74. The number of rotatable bonds is 6. The lowest BCUT2D eigenvalue weighted by Crippen LogP contribution is -2.41. The second kappa shape index (κ2) is 7.74. The Morgan fingerprint density at radius 1 is 1.23 bits per heavy atom. The van der Waals surface area contributed by atoms with E-state index >= 15 is 0 Å². The molecule has 0 spiro atoms. The summed E-state index contributed by atoms with van der Waals surface area (Å²) < 4.78 is 11.4. The fraction of sp³-hybridized carbons (Fsp3) is 0.500. The van der Waals surface area contributed by atoms with Gasteiger partial charge in [0.15, 0.2) is 8.32 Å². The first-order valence-electron chi connectivity index (χ1n) is 7.75. The summed E-state index contributed by atoms with van der Waals surface area (Å²) in [6.07, 6.45) is 3.04. The van der Waals surface area contributed by atoms with Crippen molar-refractivity contribution in [1.82, 2.24) is 0 Å². The van der Waals surface area contributed by atoms with Crippen LogP contribution in [0, 0.1) is 0 Å². The molecule has 0 aromatic heterocycles. The maximum atomic E-state index is 11.6. The van der Waals surface area contributed by atoms with Gasteiger partial charge in [0.1, 0.15) is 0 Å². The first kappa shape index (κ1) is 18.7. The van der Waals surface area contributed by atoms with Crippen molar-refractivity contribution in [2.45, 2.75) is 51.9 Å². The van der Waals surface area contributed by atoms with Gasteiger partial charge in [0.05, 0.1) is 12.7 Å². The van der Waals surface area contributed by atoms with E-state index in [0.717, 1.165) is 5.56 Å². The molecule has 0 saturated heterocycles. The number of hydrogen-bond donors (Lipinski definition) is 0. The quantitative estimate of drug-likeness (QED) is 0.426. The maximum Gasteiger partial charge on any atom is 0.330 e. The van der Waals surface area contributed by atoms with Gasteiger partial charge in [0, 0.05) is 6.08 Å². The van der Waals surface area contributed by atoms with E-state index in [1.807, 2.05) is 30.3 Å². The van der Waals surface area contributed by atoms with Crippen molar-refractivity contribution in [2.24, 2.45) is 0 Å². The molecule has 0 aliphatic rings. The van der Waals surface area contributed by atoms with Crippen molar-refractivity contribution in [3.63, 3.8) is 0 Å². The summed E-state index contributed by atoms with van der Waals surface area (Å²) in [6.45, 7) is 13.2. The molecule has 22 heavy (non-hydrogen) atoms. The summed E-state index contributed by atoms with van der Waals surface area (Å²) in [7, 11) is -1.94. The molecular weight excluding hydrogens is 292 g/mol. The zero-order valence-electron chi connectivity index (χ0n) is 14.6. The molecular formula is C18H28O3Si. The maximum absolute atomic E-state index is 11.6. The van der Waals surface area contributed by atoms with E-state index in [9.17, 15) is 4.79 Å². The normalized spacial score (nSPS) is 14.1. The molecule has 122 valence electrons. The average molecular weight is 321 g/mol.